The molecule has 2 fully saturated rings. The molecular weight excluding hydrogens is 338 g/mol. The van der Waals surface area contributed by atoms with E-state index >= 15 is 0 Å². The minimum absolute atomic E-state index is 0.0233. The van der Waals surface area contributed by atoms with Crippen molar-refractivity contribution >= 4 is 23.6 Å². The quantitative estimate of drug-likeness (QED) is 0.562. The van der Waals surface area contributed by atoms with Crippen molar-refractivity contribution < 1.29 is 28.7 Å². The van der Waals surface area contributed by atoms with E-state index in [0.29, 0.717) is 44.2 Å². The van der Waals surface area contributed by atoms with Crippen LogP contribution >= 0.6 is 0 Å². The molecule has 0 aromatic rings. The largest absolute Gasteiger partial charge is 0.509 e. The molecule has 0 bridgehead atoms. The van der Waals surface area contributed by atoms with Crippen molar-refractivity contribution in [1.29, 1.82) is 0 Å². The minimum Gasteiger partial charge on any atom is -0.435 e. The van der Waals surface area contributed by atoms with Gasteiger partial charge in [0.25, 0.3) is 5.60 Å². The third-order valence-corrected chi connectivity index (χ3v) is 5.91. The first-order chi connectivity index (χ1) is 12.4. The lowest BCUT2D eigenvalue weighted by molar-refractivity contribution is -0.166. The second-order valence-corrected chi connectivity index (χ2v) is 7.04. The molecule has 0 unspecified atom stereocenters. The highest BCUT2D eigenvalue weighted by molar-refractivity contribution is 6.23. The first kappa shape index (κ1) is 18.6. The topological polar surface area (TPSA) is 90.0 Å². The fraction of sp³-hybridized carbons (Fsp3) is 0.684. The van der Waals surface area contributed by atoms with Gasteiger partial charge < -0.3 is 14.4 Å². The smallest absolute Gasteiger partial charge is 0.435 e. The summed E-state index contributed by atoms with van der Waals surface area (Å²) < 4.78 is 10.5. The zero-order chi connectivity index (χ0) is 19.1. The van der Waals surface area contributed by atoms with Crippen LogP contribution in [0, 0.1) is 0 Å². The summed E-state index contributed by atoms with van der Waals surface area (Å²) in [5.74, 6) is -1.08. The van der Waals surface area contributed by atoms with Crippen molar-refractivity contribution in [2.75, 3.05) is 13.2 Å². The van der Waals surface area contributed by atoms with Gasteiger partial charge in [-0.25, -0.2) is 4.79 Å². The number of carbonyl (C=O) groups is 4. The number of nitrogens with zero attached hydrogens (tertiary/aromatic N) is 1. The molecule has 0 saturated carbocycles. The Hall–Kier alpha value is -2.18. The van der Waals surface area contributed by atoms with Crippen LogP contribution in [-0.4, -0.2) is 52.8 Å². The molecule has 2 saturated heterocycles. The van der Waals surface area contributed by atoms with Crippen LogP contribution in [0.1, 0.15) is 59.3 Å². The van der Waals surface area contributed by atoms with Crippen molar-refractivity contribution in [1.82, 2.24) is 4.90 Å². The van der Waals surface area contributed by atoms with Gasteiger partial charge in [-0.1, -0.05) is 6.92 Å². The van der Waals surface area contributed by atoms with Crippen molar-refractivity contribution in [2.45, 2.75) is 70.4 Å². The van der Waals surface area contributed by atoms with Crippen molar-refractivity contribution in [2.24, 2.45) is 0 Å². The lowest BCUT2D eigenvalue weighted by atomic mass is 9.72. The fourth-order valence-electron chi connectivity index (χ4n) is 4.96. The summed E-state index contributed by atoms with van der Waals surface area (Å²) in [6.45, 7) is 5.45. The highest BCUT2D eigenvalue weighted by Gasteiger charge is 2.74. The van der Waals surface area contributed by atoms with Crippen LogP contribution in [0.15, 0.2) is 11.1 Å². The number of ketones is 2. The molecule has 7 nitrogen and oxygen atoms in total. The predicted molar refractivity (Wildman–Crippen MR) is 91.4 cm³/mol. The van der Waals surface area contributed by atoms with E-state index in [9.17, 15) is 19.2 Å². The van der Waals surface area contributed by atoms with Gasteiger partial charge in [-0.15, -0.1) is 0 Å². The summed E-state index contributed by atoms with van der Waals surface area (Å²) in [5, 5.41) is 0. The summed E-state index contributed by atoms with van der Waals surface area (Å²) in [5.41, 5.74) is -2.00. The number of ether oxygens (including phenoxy) is 2. The summed E-state index contributed by atoms with van der Waals surface area (Å²) >= 11 is 0. The molecule has 1 spiro atoms. The molecule has 0 aromatic carbocycles. The molecule has 26 heavy (non-hydrogen) atoms. The number of hydrogen-bond acceptors (Lipinski definition) is 6. The maximum atomic E-state index is 13.3. The average molecular weight is 363 g/mol. The zero-order valence-electron chi connectivity index (χ0n) is 15.6. The molecule has 2 aliphatic heterocycles. The molecule has 0 aromatic heterocycles. The van der Waals surface area contributed by atoms with E-state index in [-0.39, 0.29) is 18.9 Å². The van der Waals surface area contributed by atoms with Crippen LogP contribution < -0.4 is 0 Å². The van der Waals surface area contributed by atoms with Crippen molar-refractivity contribution in [3.8, 4) is 0 Å². The Bertz CT molecular complexity index is 711. The van der Waals surface area contributed by atoms with Gasteiger partial charge >= 0.3 is 6.16 Å². The maximum Gasteiger partial charge on any atom is 0.509 e. The average Bonchev–Trinajstić information content (AvgIpc) is 3.08. The molecule has 3 rings (SSSR count). The van der Waals surface area contributed by atoms with E-state index in [1.54, 1.807) is 25.7 Å². The molecule has 2 heterocycles. The Labute approximate surface area is 152 Å². The Balaban J connectivity index is 2.25. The van der Waals surface area contributed by atoms with E-state index in [4.69, 9.17) is 9.47 Å². The van der Waals surface area contributed by atoms with Gasteiger partial charge in [0.2, 0.25) is 11.7 Å². The molecular formula is C19H25NO6. The van der Waals surface area contributed by atoms with E-state index in [1.165, 1.54) is 0 Å². The number of rotatable bonds is 4. The summed E-state index contributed by atoms with van der Waals surface area (Å²) in [6.07, 6.45) is 1.59. The molecule has 0 N–H and O–H groups in total. The first-order valence-electron chi connectivity index (χ1n) is 9.31. The minimum atomic E-state index is -2.02. The van der Waals surface area contributed by atoms with Crippen molar-refractivity contribution in [3.05, 3.63) is 11.1 Å². The van der Waals surface area contributed by atoms with Gasteiger partial charge in [0.1, 0.15) is 5.54 Å². The lowest BCUT2D eigenvalue weighted by Gasteiger charge is -2.46. The Morgan fingerprint density at radius 1 is 1.15 bits per heavy atom. The van der Waals surface area contributed by atoms with Crippen LogP contribution in [0.3, 0.4) is 0 Å². The molecule has 7 heteroatoms. The SMILES string of the molecule is CCOC(=O)O[C@@]1(C(=O)CC)C(=O)C(C)=C2CCCC(=O)N3CCC[C@@]231. The number of amides is 1. The molecule has 3 aliphatic rings. The summed E-state index contributed by atoms with van der Waals surface area (Å²) in [7, 11) is 0. The van der Waals surface area contributed by atoms with Gasteiger partial charge in [0.05, 0.1) is 6.61 Å². The third-order valence-electron chi connectivity index (χ3n) is 5.91. The predicted octanol–water partition coefficient (Wildman–Crippen LogP) is 2.32. The molecule has 142 valence electrons. The number of hydrogen-bond donors (Lipinski definition) is 0. The highest BCUT2D eigenvalue weighted by Crippen LogP contribution is 2.56. The molecule has 2 atom stereocenters. The zero-order valence-corrected chi connectivity index (χ0v) is 15.6. The molecule has 1 amide bonds. The van der Waals surface area contributed by atoms with Crippen LogP contribution in [0.4, 0.5) is 4.79 Å². The van der Waals surface area contributed by atoms with E-state index in [2.05, 4.69) is 0 Å². The fourth-order valence-corrected chi connectivity index (χ4v) is 4.96. The monoisotopic (exact) mass is 363 g/mol. The second kappa shape index (κ2) is 6.52. The Morgan fingerprint density at radius 3 is 2.54 bits per heavy atom. The van der Waals surface area contributed by atoms with Gasteiger partial charge in [-0.2, -0.15) is 0 Å². The third kappa shape index (κ3) is 2.18. The number of Topliss-reactive ketones (excluding diaryl/α,β-unsaturated/α-hetero) is 2. The highest BCUT2D eigenvalue weighted by atomic mass is 16.7. The van der Waals surface area contributed by atoms with E-state index < -0.39 is 28.9 Å². The van der Waals surface area contributed by atoms with E-state index in [1.807, 2.05) is 0 Å². The Morgan fingerprint density at radius 2 is 1.88 bits per heavy atom. The molecule has 0 radical (unpaired) electrons. The summed E-state index contributed by atoms with van der Waals surface area (Å²) in [6, 6.07) is 0. The number of carbonyl (C=O) groups excluding carboxylic acids is 4. The summed E-state index contributed by atoms with van der Waals surface area (Å²) in [4.78, 5) is 53.1. The van der Waals surface area contributed by atoms with Crippen LogP contribution in [0.5, 0.6) is 0 Å². The van der Waals surface area contributed by atoms with Crippen LogP contribution in [0.2, 0.25) is 0 Å². The van der Waals surface area contributed by atoms with Gasteiger partial charge in [-0.05, 0) is 50.7 Å². The van der Waals surface area contributed by atoms with Crippen molar-refractivity contribution in [3.63, 3.8) is 0 Å². The first-order valence-corrected chi connectivity index (χ1v) is 9.31. The normalized spacial score (nSPS) is 30.8. The second-order valence-electron chi connectivity index (χ2n) is 7.04. The van der Waals surface area contributed by atoms with Gasteiger partial charge in [-0.3, -0.25) is 14.4 Å². The van der Waals surface area contributed by atoms with E-state index in [0.717, 1.165) is 5.57 Å². The van der Waals surface area contributed by atoms with Crippen LogP contribution in [0.25, 0.3) is 0 Å². The van der Waals surface area contributed by atoms with Crippen LogP contribution in [-0.2, 0) is 23.9 Å². The maximum absolute atomic E-state index is 13.3. The van der Waals surface area contributed by atoms with Gasteiger partial charge in [0, 0.05) is 19.4 Å². The standard InChI is InChI=1S/C19H25NO6/c1-4-14(21)19(26-17(24)25-5-2)16(23)12(3)13-8-6-9-15(22)20-11-7-10-18(13,19)20/h4-11H2,1-3H3/t18-,19-/m0/s1. The Kier molecular flexibility index (Phi) is 4.67. The van der Waals surface area contributed by atoms with Gasteiger partial charge in [0.15, 0.2) is 5.78 Å². The molecule has 1 aliphatic carbocycles. The lowest BCUT2D eigenvalue weighted by Crippen LogP contribution is -2.69.